The van der Waals surface area contributed by atoms with Crippen LogP contribution in [0.4, 0.5) is 18.0 Å². The van der Waals surface area contributed by atoms with E-state index in [1.807, 2.05) is 0 Å². The number of halogens is 3. The van der Waals surface area contributed by atoms with E-state index in [1.54, 1.807) is 11.6 Å². The van der Waals surface area contributed by atoms with Crippen LogP contribution in [0.3, 0.4) is 0 Å². The summed E-state index contributed by atoms with van der Waals surface area (Å²) in [6.07, 6.45) is -4.64. The van der Waals surface area contributed by atoms with E-state index in [9.17, 15) is 26.4 Å². The van der Waals surface area contributed by atoms with E-state index in [-0.39, 0.29) is 11.5 Å². The van der Waals surface area contributed by atoms with Gasteiger partial charge in [-0.1, -0.05) is 23.3 Å². The van der Waals surface area contributed by atoms with Crippen molar-refractivity contribution in [3.63, 3.8) is 0 Å². The number of allylic oxidation sites excluding steroid dienone is 1. The maximum atomic E-state index is 12.5. The second-order valence-corrected chi connectivity index (χ2v) is 7.31. The monoisotopic (exact) mass is 421 g/mol. The fraction of sp³-hybridized carbons (Fsp3) is 0.333. The van der Waals surface area contributed by atoms with E-state index < -0.39 is 40.0 Å². The highest BCUT2D eigenvalue weighted by Gasteiger charge is 2.29. The summed E-state index contributed by atoms with van der Waals surface area (Å²) < 4.78 is 69.0. The zero-order chi connectivity index (χ0) is 20.9. The van der Waals surface area contributed by atoms with Gasteiger partial charge in [-0.25, -0.2) is 23.4 Å². The molecule has 1 aliphatic rings. The Kier molecular flexibility index (Phi) is 6.38. The molecule has 9 nitrogen and oxygen atoms in total. The lowest BCUT2D eigenvalue weighted by atomic mass is 10.1. The molecule has 13 heteroatoms. The van der Waals surface area contributed by atoms with Crippen LogP contribution < -0.4 is 15.6 Å². The minimum atomic E-state index is -4.44. The van der Waals surface area contributed by atoms with Gasteiger partial charge in [0.05, 0.1) is 12.0 Å². The van der Waals surface area contributed by atoms with Crippen LogP contribution >= 0.6 is 0 Å². The quantitative estimate of drug-likeness (QED) is 0.668. The number of carbonyl (C=O) groups excluding carboxylic acids is 1. The molecule has 1 aromatic carbocycles. The number of methoxy groups -OCH3 is 1. The first-order valence-corrected chi connectivity index (χ1v) is 9.34. The number of nitrogens with zero attached hydrogens (tertiary/aromatic N) is 2. The van der Waals surface area contributed by atoms with Crippen LogP contribution in [0.15, 0.2) is 46.0 Å². The highest BCUT2D eigenvalue weighted by molar-refractivity contribution is 7.90. The topological polar surface area (TPSA) is 112 Å². The number of aryl methyl sites for hydroxylation is 1. The summed E-state index contributed by atoms with van der Waals surface area (Å²) >= 11 is 0. The van der Waals surface area contributed by atoms with Crippen molar-refractivity contribution < 1.29 is 31.1 Å². The Morgan fingerprint density at radius 3 is 2.64 bits per heavy atom. The molecule has 0 saturated carbocycles. The van der Waals surface area contributed by atoms with Crippen molar-refractivity contribution in [3.8, 4) is 0 Å². The largest absolute Gasteiger partial charge is 0.480 e. The van der Waals surface area contributed by atoms with Gasteiger partial charge in [0, 0.05) is 18.2 Å². The van der Waals surface area contributed by atoms with Gasteiger partial charge in [0.1, 0.15) is 0 Å². The molecular formula is C15H18F3N5O4S. The number of hydrogen-bond acceptors (Lipinski definition) is 7. The molecule has 0 fully saturated rings. The third-order valence-electron chi connectivity index (χ3n) is 3.40. The van der Waals surface area contributed by atoms with E-state index in [0.717, 1.165) is 11.3 Å². The Bertz CT molecular complexity index is 899. The van der Waals surface area contributed by atoms with Gasteiger partial charge in [0.25, 0.3) is 10.0 Å². The predicted octanol–water partition coefficient (Wildman–Crippen LogP) is 1.77. The van der Waals surface area contributed by atoms with E-state index in [2.05, 4.69) is 16.0 Å². The number of sulfonamides is 1. The molecule has 0 radical (unpaired) electrons. The maximum absolute atomic E-state index is 12.5. The number of ether oxygens (including phenoxy) is 1. The highest BCUT2D eigenvalue weighted by Crippen LogP contribution is 2.25. The summed E-state index contributed by atoms with van der Waals surface area (Å²) in [6.45, 7) is 1.65. The van der Waals surface area contributed by atoms with Crippen LogP contribution in [0.1, 0.15) is 18.9 Å². The van der Waals surface area contributed by atoms with E-state index >= 15 is 0 Å². The van der Waals surface area contributed by atoms with Gasteiger partial charge in [-0.15, -0.1) is 5.23 Å². The first-order valence-electron chi connectivity index (χ1n) is 7.86. The normalized spacial score (nSPS) is 14.5. The molecular weight excluding hydrogens is 403 g/mol. The van der Waals surface area contributed by atoms with Crippen molar-refractivity contribution in [1.82, 2.24) is 20.8 Å². The fourth-order valence-electron chi connectivity index (χ4n) is 2.23. The Morgan fingerprint density at radius 2 is 2.00 bits per heavy atom. The Labute approximate surface area is 159 Å². The Balaban J connectivity index is 2.10. The minimum Gasteiger partial charge on any atom is -0.480 e. The average molecular weight is 421 g/mol. The molecule has 1 heterocycles. The number of benzene rings is 1. The highest BCUT2D eigenvalue weighted by atomic mass is 32.2. The number of alkyl halides is 3. The summed E-state index contributed by atoms with van der Waals surface area (Å²) in [7, 11) is -3.06. The molecule has 1 aliphatic heterocycles. The molecule has 0 spiro atoms. The van der Waals surface area contributed by atoms with Crippen LogP contribution in [0, 0.1) is 0 Å². The smallest absolute Gasteiger partial charge is 0.389 e. The minimum absolute atomic E-state index is 0.0605. The number of nitrogens with one attached hydrogen (secondary N) is 3. The molecule has 0 bridgehead atoms. The third-order valence-corrected chi connectivity index (χ3v) is 4.84. The summed E-state index contributed by atoms with van der Waals surface area (Å²) in [5.74, 6) is 0.150. The standard InChI is InChI=1S/C15H18F3N5O4S/c1-10-9-13(27-2)20-23(19-10)21-14(24)22-28(25,26)12-6-4-3-5-11(12)7-8-15(16,17)18/h3-6,9,19H,7-8H2,1-2H3,(H2,21,22,24). The SMILES string of the molecule is COC1=NN(NC(=O)NS(=O)(=O)c2ccccc2CCC(F)(F)F)NC(C)=C1. The number of hydrazine groups is 2. The van der Waals surface area contributed by atoms with Crippen molar-refractivity contribution >= 4 is 22.0 Å². The molecule has 2 amide bonds. The molecule has 0 aromatic heterocycles. The fourth-order valence-corrected chi connectivity index (χ4v) is 3.41. The summed E-state index contributed by atoms with van der Waals surface area (Å²) in [5, 5.41) is 4.64. The van der Waals surface area contributed by atoms with Crippen molar-refractivity contribution in [3.05, 3.63) is 41.6 Å². The predicted molar refractivity (Wildman–Crippen MR) is 92.8 cm³/mol. The molecule has 2 rings (SSSR count). The lowest BCUT2D eigenvalue weighted by Crippen LogP contribution is -2.53. The van der Waals surface area contributed by atoms with Crippen LogP contribution in [0.2, 0.25) is 0 Å². The molecule has 0 aliphatic carbocycles. The van der Waals surface area contributed by atoms with Gasteiger partial charge in [-0.3, -0.25) is 5.43 Å². The van der Waals surface area contributed by atoms with Crippen LogP contribution in [-0.2, 0) is 21.2 Å². The van der Waals surface area contributed by atoms with E-state index in [0.29, 0.717) is 5.70 Å². The Morgan fingerprint density at radius 1 is 1.32 bits per heavy atom. The first-order chi connectivity index (χ1) is 13.0. The second kappa shape index (κ2) is 8.37. The van der Waals surface area contributed by atoms with Crippen LogP contribution in [-0.4, -0.2) is 38.9 Å². The van der Waals surface area contributed by atoms with Gasteiger partial charge < -0.3 is 4.74 Å². The van der Waals surface area contributed by atoms with Crippen molar-refractivity contribution in [1.29, 1.82) is 0 Å². The second-order valence-electron chi connectivity index (χ2n) is 5.66. The van der Waals surface area contributed by atoms with Crippen LogP contribution in [0.5, 0.6) is 0 Å². The first kappa shape index (κ1) is 21.3. The number of urea groups is 1. The number of hydrogen-bond donors (Lipinski definition) is 3. The number of rotatable bonds is 5. The molecule has 0 saturated heterocycles. The Hall–Kier alpha value is -2.96. The lowest BCUT2D eigenvalue weighted by Gasteiger charge is -2.25. The molecule has 28 heavy (non-hydrogen) atoms. The zero-order valence-corrected chi connectivity index (χ0v) is 15.7. The number of carbonyl (C=O) groups is 1. The van der Waals surface area contributed by atoms with Gasteiger partial charge in [0.15, 0.2) is 0 Å². The average Bonchev–Trinajstić information content (AvgIpc) is 2.58. The van der Waals surface area contributed by atoms with E-state index in [1.165, 1.54) is 31.4 Å². The lowest BCUT2D eigenvalue weighted by molar-refractivity contribution is -0.134. The third kappa shape index (κ3) is 6.04. The van der Waals surface area contributed by atoms with Gasteiger partial charge in [-0.2, -0.15) is 13.2 Å². The van der Waals surface area contributed by atoms with Crippen LogP contribution in [0.25, 0.3) is 0 Å². The molecule has 154 valence electrons. The number of amides is 2. The molecule has 1 aromatic rings. The number of hydrazone groups is 1. The summed E-state index contributed by atoms with van der Waals surface area (Å²) in [5.41, 5.74) is 5.23. The van der Waals surface area contributed by atoms with Gasteiger partial charge in [-0.05, 0) is 25.0 Å². The summed E-state index contributed by atoms with van der Waals surface area (Å²) in [4.78, 5) is 11.6. The van der Waals surface area contributed by atoms with E-state index in [4.69, 9.17) is 4.74 Å². The molecule has 0 unspecified atom stereocenters. The van der Waals surface area contributed by atoms with Crippen molar-refractivity contribution in [2.45, 2.75) is 30.8 Å². The maximum Gasteiger partial charge on any atom is 0.389 e. The van der Waals surface area contributed by atoms with Crippen molar-refractivity contribution in [2.75, 3.05) is 7.11 Å². The zero-order valence-electron chi connectivity index (χ0n) is 14.9. The summed E-state index contributed by atoms with van der Waals surface area (Å²) in [6, 6.07) is 3.96. The van der Waals surface area contributed by atoms with Gasteiger partial charge >= 0.3 is 12.2 Å². The van der Waals surface area contributed by atoms with Gasteiger partial charge in [0.2, 0.25) is 5.90 Å². The molecule has 0 atom stereocenters. The molecule has 3 N–H and O–H groups in total. The van der Waals surface area contributed by atoms with Crippen molar-refractivity contribution in [2.24, 2.45) is 5.10 Å².